The molecule has 0 heterocycles. The molecule has 11 heteroatoms. The minimum atomic E-state index is -4.96. The van der Waals surface area contributed by atoms with Gasteiger partial charge in [-0.15, -0.1) is 0 Å². The predicted octanol–water partition coefficient (Wildman–Crippen LogP) is 2.67. The maximum absolute atomic E-state index is 13.0. The van der Waals surface area contributed by atoms with Crippen molar-refractivity contribution in [2.45, 2.75) is 18.0 Å². The summed E-state index contributed by atoms with van der Waals surface area (Å²) in [4.78, 5) is 8.08. The Morgan fingerprint density at radius 1 is 1.32 bits per heavy atom. The lowest BCUT2D eigenvalue weighted by Crippen LogP contribution is -2.17. The normalized spacial score (nSPS) is 15.4. The largest absolute Gasteiger partial charge is 0.495 e. The Balaban J connectivity index is 3.38. The minimum Gasteiger partial charge on any atom is -0.495 e. The SMILES string of the molecule is CCP(=O)(O)COS(=O)(=O)c1c(OC)cccc1C(F)(F)F. The maximum Gasteiger partial charge on any atom is 0.417 e. The summed E-state index contributed by atoms with van der Waals surface area (Å²) in [6, 6.07) is 2.55. The molecule has 1 aromatic rings. The second-order valence-corrected chi connectivity index (χ2v) is 8.33. The van der Waals surface area contributed by atoms with Gasteiger partial charge in [-0.1, -0.05) is 13.0 Å². The van der Waals surface area contributed by atoms with Crippen molar-refractivity contribution >= 4 is 17.5 Å². The van der Waals surface area contributed by atoms with Gasteiger partial charge >= 0.3 is 16.3 Å². The summed E-state index contributed by atoms with van der Waals surface area (Å²) < 4.78 is 83.3. The summed E-state index contributed by atoms with van der Waals surface area (Å²) in [6.45, 7) is 1.32. The molecule has 0 amide bonds. The van der Waals surface area contributed by atoms with Crippen molar-refractivity contribution in [1.29, 1.82) is 0 Å². The summed E-state index contributed by atoms with van der Waals surface area (Å²) in [5, 5.41) is 0. The van der Waals surface area contributed by atoms with Gasteiger partial charge in [0.1, 0.15) is 17.0 Å². The smallest absolute Gasteiger partial charge is 0.417 e. The van der Waals surface area contributed by atoms with Crippen LogP contribution in [0.3, 0.4) is 0 Å². The number of hydrogen-bond acceptors (Lipinski definition) is 5. The third kappa shape index (κ3) is 4.45. The molecular formula is C11H14F3O6PS. The van der Waals surface area contributed by atoms with Crippen molar-refractivity contribution in [3.63, 3.8) is 0 Å². The molecule has 0 aliphatic carbocycles. The van der Waals surface area contributed by atoms with E-state index in [0.717, 1.165) is 19.2 Å². The molecule has 1 N–H and O–H groups in total. The van der Waals surface area contributed by atoms with Crippen LogP contribution in [-0.2, 0) is 25.0 Å². The van der Waals surface area contributed by atoms with Gasteiger partial charge in [0.15, 0.2) is 0 Å². The molecule has 1 aromatic carbocycles. The van der Waals surface area contributed by atoms with Crippen LogP contribution < -0.4 is 4.74 Å². The molecule has 1 unspecified atom stereocenters. The lowest BCUT2D eigenvalue weighted by atomic mass is 10.2. The number of ether oxygens (including phenoxy) is 1. The van der Waals surface area contributed by atoms with Gasteiger partial charge in [0, 0.05) is 6.16 Å². The first kappa shape index (κ1) is 19.0. The average Bonchev–Trinajstić information content (AvgIpc) is 2.43. The van der Waals surface area contributed by atoms with Crippen LogP contribution in [0.1, 0.15) is 12.5 Å². The Labute approximate surface area is 125 Å². The van der Waals surface area contributed by atoms with Gasteiger partial charge in [0.25, 0.3) is 0 Å². The zero-order valence-corrected chi connectivity index (χ0v) is 13.3. The first-order chi connectivity index (χ1) is 9.94. The van der Waals surface area contributed by atoms with Gasteiger partial charge in [0.05, 0.1) is 12.7 Å². The molecule has 1 rings (SSSR count). The highest BCUT2D eigenvalue weighted by atomic mass is 32.2. The van der Waals surface area contributed by atoms with Gasteiger partial charge in [-0.25, -0.2) is 0 Å². The molecule has 0 saturated heterocycles. The van der Waals surface area contributed by atoms with Gasteiger partial charge in [0.2, 0.25) is 7.37 Å². The molecule has 22 heavy (non-hydrogen) atoms. The van der Waals surface area contributed by atoms with Crippen LogP contribution >= 0.6 is 7.37 Å². The highest BCUT2D eigenvalue weighted by Gasteiger charge is 2.40. The number of rotatable bonds is 6. The van der Waals surface area contributed by atoms with Crippen molar-refractivity contribution in [3.05, 3.63) is 23.8 Å². The standard InChI is InChI=1S/C11H14F3O6PS/c1-3-21(15,16)7-20-22(17,18)10-8(11(12,13)14)5-4-6-9(10)19-2/h4-6H,3,7H2,1-2H3,(H,15,16). The van der Waals surface area contributed by atoms with E-state index < -0.39 is 46.2 Å². The van der Waals surface area contributed by atoms with E-state index >= 15 is 0 Å². The molecule has 6 nitrogen and oxygen atoms in total. The zero-order chi connectivity index (χ0) is 17.2. The summed E-state index contributed by atoms with van der Waals surface area (Å²) in [7, 11) is -7.83. The van der Waals surface area contributed by atoms with Gasteiger partial charge in [-0.05, 0) is 12.1 Å². The fourth-order valence-electron chi connectivity index (χ4n) is 1.46. The third-order valence-electron chi connectivity index (χ3n) is 2.66. The number of alkyl halides is 3. The molecule has 0 spiro atoms. The zero-order valence-electron chi connectivity index (χ0n) is 11.6. The van der Waals surface area contributed by atoms with E-state index in [2.05, 4.69) is 8.92 Å². The molecule has 0 aliphatic rings. The quantitative estimate of drug-likeness (QED) is 0.618. The van der Waals surface area contributed by atoms with Crippen molar-refractivity contribution in [1.82, 2.24) is 0 Å². The molecule has 126 valence electrons. The number of methoxy groups -OCH3 is 1. The fraction of sp³-hybridized carbons (Fsp3) is 0.455. The van der Waals surface area contributed by atoms with Crippen molar-refractivity contribution in [2.24, 2.45) is 0 Å². The second-order valence-electron chi connectivity index (χ2n) is 4.20. The molecule has 1 atom stereocenters. The molecule has 0 saturated carbocycles. The van der Waals surface area contributed by atoms with Crippen molar-refractivity contribution < 1.29 is 40.0 Å². The summed E-state index contributed by atoms with van der Waals surface area (Å²) in [6.07, 6.45) is -6.35. The highest BCUT2D eigenvalue weighted by molar-refractivity contribution is 7.87. The van der Waals surface area contributed by atoms with Crippen LogP contribution in [0.2, 0.25) is 0 Å². The fourth-order valence-corrected chi connectivity index (χ4v) is 3.82. The van der Waals surface area contributed by atoms with Crippen LogP contribution in [0.25, 0.3) is 0 Å². The van der Waals surface area contributed by atoms with Crippen LogP contribution in [0.15, 0.2) is 23.1 Å². The Morgan fingerprint density at radius 3 is 2.36 bits per heavy atom. The number of halogens is 3. The van der Waals surface area contributed by atoms with E-state index in [1.807, 2.05) is 0 Å². The third-order valence-corrected chi connectivity index (χ3v) is 5.70. The Hall–Kier alpha value is -1.09. The van der Waals surface area contributed by atoms with E-state index in [9.17, 15) is 31.0 Å². The second kappa shape index (κ2) is 6.57. The number of hydrogen-bond donors (Lipinski definition) is 1. The first-order valence-electron chi connectivity index (χ1n) is 5.89. The topological polar surface area (TPSA) is 89.9 Å². The van der Waals surface area contributed by atoms with Crippen LogP contribution in [0.4, 0.5) is 13.2 Å². The molecular weight excluding hydrogens is 348 g/mol. The molecule has 0 aromatic heterocycles. The summed E-state index contributed by atoms with van der Waals surface area (Å²) >= 11 is 0. The van der Waals surface area contributed by atoms with Crippen LogP contribution in [-0.4, -0.2) is 32.9 Å². The maximum atomic E-state index is 13.0. The molecule has 0 fully saturated rings. The van der Waals surface area contributed by atoms with Crippen LogP contribution in [0, 0.1) is 0 Å². The predicted molar refractivity (Wildman–Crippen MR) is 71.5 cm³/mol. The Kier molecular flexibility index (Phi) is 5.66. The van der Waals surface area contributed by atoms with E-state index in [4.69, 9.17) is 0 Å². The van der Waals surface area contributed by atoms with Gasteiger partial charge in [-0.2, -0.15) is 21.6 Å². The molecule has 0 bridgehead atoms. The van der Waals surface area contributed by atoms with E-state index in [1.54, 1.807) is 0 Å². The van der Waals surface area contributed by atoms with Gasteiger partial charge in [-0.3, -0.25) is 8.75 Å². The average molecular weight is 362 g/mol. The van der Waals surface area contributed by atoms with E-state index in [0.29, 0.717) is 6.07 Å². The molecule has 0 aliphatic heterocycles. The van der Waals surface area contributed by atoms with Gasteiger partial charge < -0.3 is 9.63 Å². The lowest BCUT2D eigenvalue weighted by Gasteiger charge is -2.16. The van der Waals surface area contributed by atoms with Crippen molar-refractivity contribution in [2.75, 3.05) is 19.6 Å². The van der Waals surface area contributed by atoms with Crippen molar-refractivity contribution in [3.8, 4) is 5.75 Å². The monoisotopic (exact) mass is 362 g/mol. The Morgan fingerprint density at radius 2 is 1.91 bits per heavy atom. The first-order valence-corrected chi connectivity index (χ1v) is 9.33. The Bertz CT molecular complexity index is 686. The van der Waals surface area contributed by atoms with E-state index in [1.165, 1.54) is 6.92 Å². The van der Waals surface area contributed by atoms with E-state index in [-0.39, 0.29) is 6.16 Å². The molecule has 0 radical (unpaired) electrons. The minimum absolute atomic E-state index is 0.277. The summed E-state index contributed by atoms with van der Waals surface area (Å²) in [5.74, 6) is -0.570. The highest BCUT2D eigenvalue weighted by Crippen LogP contribution is 2.43. The summed E-state index contributed by atoms with van der Waals surface area (Å²) in [5.41, 5.74) is -1.48. The van der Waals surface area contributed by atoms with Crippen LogP contribution in [0.5, 0.6) is 5.75 Å². The lowest BCUT2D eigenvalue weighted by molar-refractivity contribution is -0.140. The number of benzene rings is 1.